The lowest BCUT2D eigenvalue weighted by Gasteiger charge is -2.26. The molecule has 1 atom stereocenters. The highest BCUT2D eigenvalue weighted by Crippen LogP contribution is 2.31. The van der Waals surface area contributed by atoms with Crippen LogP contribution in [0.25, 0.3) is 0 Å². The van der Waals surface area contributed by atoms with Crippen molar-refractivity contribution < 1.29 is 32.2 Å². The normalized spacial score (nSPS) is 12.7. The molecule has 9 nitrogen and oxygen atoms in total. The number of rotatable bonds is 18. The maximum Gasteiger partial charge on any atom is 0.416 e. The highest BCUT2D eigenvalue weighted by Gasteiger charge is 2.30. The zero-order valence-electron chi connectivity index (χ0n) is 25.2. The highest BCUT2D eigenvalue weighted by atomic mass is 19.4. The number of primary amides is 1. The van der Waals surface area contributed by atoms with Crippen molar-refractivity contribution in [1.29, 1.82) is 0 Å². The van der Waals surface area contributed by atoms with Crippen LogP contribution in [0.2, 0.25) is 0 Å². The second-order valence-corrected chi connectivity index (χ2v) is 9.84. The molecule has 0 aliphatic heterocycles. The number of ether oxygens (including phenoxy) is 2. The van der Waals surface area contributed by atoms with E-state index in [0.29, 0.717) is 44.8 Å². The molecule has 0 fully saturated rings. The van der Waals surface area contributed by atoms with Gasteiger partial charge in [-0.05, 0) is 99.4 Å². The zero-order valence-corrected chi connectivity index (χ0v) is 25.2. The number of nitrogens with one attached hydrogen (secondary N) is 1. The summed E-state index contributed by atoms with van der Waals surface area (Å²) in [7, 11) is 3.53. The van der Waals surface area contributed by atoms with Gasteiger partial charge in [0, 0.05) is 33.0 Å². The lowest BCUT2D eigenvalue weighted by Crippen LogP contribution is -2.42. The Morgan fingerprint density at radius 1 is 1.14 bits per heavy atom. The lowest BCUT2D eigenvalue weighted by atomic mass is 10.1. The minimum Gasteiger partial charge on any atom is -0.494 e. The van der Waals surface area contributed by atoms with Crippen LogP contribution >= 0.6 is 0 Å². The first-order valence-corrected chi connectivity index (χ1v) is 13.9. The third-order valence-corrected chi connectivity index (χ3v) is 6.54. The summed E-state index contributed by atoms with van der Waals surface area (Å²) in [6.45, 7) is 6.86. The van der Waals surface area contributed by atoms with Gasteiger partial charge in [0.05, 0.1) is 23.9 Å². The van der Waals surface area contributed by atoms with E-state index < -0.39 is 11.7 Å². The smallest absolute Gasteiger partial charge is 0.416 e. The maximum absolute atomic E-state index is 12.9. The molecule has 238 valence electrons. The number of halogens is 3. The molecule has 0 heterocycles. The maximum atomic E-state index is 12.9. The van der Waals surface area contributed by atoms with Crippen LogP contribution in [0.15, 0.2) is 59.2 Å². The summed E-state index contributed by atoms with van der Waals surface area (Å²) < 4.78 is 49.7. The standard InChI is InChI=1S/C30H42F3N5O3.CH2O/c1-22-11-12-27(16-24(22)21-38(2)28(29(35)39)10-7-14-40-3)41-15-5-4-13-36-19-23(18-34)20-37-26-9-6-8-25(17-26)30(31,32)33;1-2/h6,8-9,11-12,16-18,20,28,36H,4-5,7,10,13-15,19,21,34H2,1-3H3,(H2,35,39);1H2/b23-18-,37-20?;. The number of aryl methyl sites for hydroxylation is 1. The number of aliphatic imine (C=N–C) groups is 1. The van der Waals surface area contributed by atoms with Crippen molar-refractivity contribution in [3.63, 3.8) is 0 Å². The first-order valence-electron chi connectivity index (χ1n) is 13.9. The molecule has 2 aromatic rings. The summed E-state index contributed by atoms with van der Waals surface area (Å²) in [6.07, 6.45) is 1.48. The number of likely N-dealkylation sites (N-methyl/N-ethyl adjacent to an activating group) is 1. The molecule has 0 aliphatic rings. The number of nitrogens with two attached hydrogens (primary N) is 2. The zero-order chi connectivity index (χ0) is 32.3. The number of hydrogen-bond acceptors (Lipinski definition) is 8. The van der Waals surface area contributed by atoms with Crippen molar-refractivity contribution in [1.82, 2.24) is 10.2 Å². The van der Waals surface area contributed by atoms with Gasteiger partial charge in [0.15, 0.2) is 0 Å². The van der Waals surface area contributed by atoms with Crippen LogP contribution < -0.4 is 21.5 Å². The van der Waals surface area contributed by atoms with Crippen LogP contribution in [0.5, 0.6) is 5.75 Å². The van der Waals surface area contributed by atoms with Crippen LogP contribution in [-0.4, -0.2) is 70.3 Å². The average molecular weight is 608 g/mol. The lowest BCUT2D eigenvalue weighted by molar-refractivity contribution is -0.137. The number of unbranched alkanes of at least 4 members (excludes halogenated alkanes) is 1. The topological polar surface area (TPSA) is 132 Å². The molecule has 0 bridgehead atoms. The molecule has 0 saturated carbocycles. The van der Waals surface area contributed by atoms with Gasteiger partial charge >= 0.3 is 6.18 Å². The number of nitrogens with zero attached hydrogens (tertiary/aromatic N) is 2. The number of hydrogen-bond donors (Lipinski definition) is 3. The van der Waals surface area contributed by atoms with Crippen LogP contribution in [-0.2, 0) is 27.0 Å². The summed E-state index contributed by atoms with van der Waals surface area (Å²) in [5.74, 6) is 0.417. The molecule has 0 spiro atoms. The molecule has 1 unspecified atom stereocenters. The van der Waals surface area contributed by atoms with E-state index in [1.54, 1.807) is 7.11 Å². The number of amides is 1. The number of carbonyl (C=O) groups is 2. The van der Waals surface area contributed by atoms with Gasteiger partial charge in [0.1, 0.15) is 12.5 Å². The SMILES string of the molecule is C=O.COCCCC(C(N)=O)N(C)Cc1cc(OCCCCNC/C(C=Nc2cccc(C(F)(F)F)c2)=C/N)ccc1C. The van der Waals surface area contributed by atoms with E-state index in [-0.39, 0.29) is 17.6 Å². The second kappa shape index (κ2) is 20.2. The fourth-order valence-corrected chi connectivity index (χ4v) is 4.13. The Morgan fingerprint density at radius 2 is 1.88 bits per heavy atom. The molecule has 5 N–H and O–H groups in total. The third-order valence-electron chi connectivity index (χ3n) is 6.54. The van der Waals surface area contributed by atoms with Crippen LogP contribution in [0.4, 0.5) is 18.9 Å². The summed E-state index contributed by atoms with van der Waals surface area (Å²) in [5, 5.41) is 3.26. The first kappa shape index (κ1) is 37.3. The molecule has 0 aliphatic carbocycles. The Bertz CT molecular complexity index is 1170. The van der Waals surface area contributed by atoms with E-state index in [0.717, 1.165) is 48.3 Å². The van der Waals surface area contributed by atoms with E-state index in [2.05, 4.69) is 10.3 Å². The summed E-state index contributed by atoms with van der Waals surface area (Å²) in [6, 6.07) is 10.4. The van der Waals surface area contributed by atoms with Gasteiger partial charge in [-0.1, -0.05) is 12.1 Å². The minimum absolute atomic E-state index is 0.206. The third kappa shape index (κ3) is 14.3. The summed E-state index contributed by atoms with van der Waals surface area (Å²) in [4.78, 5) is 26.1. The van der Waals surface area contributed by atoms with E-state index in [4.69, 9.17) is 25.7 Å². The van der Waals surface area contributed by atoms with Gasteiger partial charge in [-0.2, -0.15) is 13.2 Å². The number of benzene rings is 2. The van der Waals surface area contributed by atoms with Crippen LogP contribution in [0.3, 0.4) is 0 Å². The van der Waals surface area contributed by atoms with Gasteiger partial charge in [-0.15, -0.1) is 0 Å². The fraction of sp³-hybridized carbons (Fsp3) is 0.452. The quantitative estimate of drug-likeness (QED) is 0.168. The van der Waals surface area contributed by atoms with Crippen molar-refractivity contribution in [2.75, 3.05) is 40.5 Å². The van der Waals surface area contributed by atoms with E-state index in [9.17, 15) is 18.0 Å². The monoisotopic (exact) mass is 607 g/mol. The predicted molar refractivity (Wildman–Crippen MR) is 163 cm³/mol. The van der Waals surface area contributed by atoms with E-state index in [1.807, 2.05) is 43.9 Å². The molecule has 0 aromatic heterocycles. The molecule has 43 heavy (non-hydrogen) atoms. The van der Waals surface area contributed by atoms with Crippen LogP contribution in [0, 0.1) is 6.92 Å². The van der Waals surface area contributed by atoms with Crippen LogP contribution in [0.1, 0.15) is 42.4 Å². The molecule has 0 radical (unpaired) electrons. The largest absolute Gasteiger partial charge is 0.494 e. The van der Waals surface area contributed by atoms with Gasteiger partial charge in [0.25, 0.3) is 0 Å². The molecule has 1 amide bonds. The molecule has 2 aromatic carbocycles. The van der Waals surface area contributed by atoms with Crippen molar-refractivity contribution in [2.24, 2.45) is 16.5 Å². The summed E-state index contributed by atoms with van der Waals surface area (Å²) in [5.41, 5.74) is 13.6. The van der Waals surface area contributed by atoms with Crippen molar-refractivity contribution >= 4 is 24.6 Å². The number of alkyl halides is 3. The molecule has 2 rings (SSSR count). The van der Waals surface area contributed by atoms with Crippen molar-refractivity contribution in [3.05, 3.63) is 70.9 Å². The second-order valence-electron chi connectivity index (χ2n) is 9.84. The molecular weight excluding hydrogens is 563 g/mol. The van der Waals surface area contributed by atoms with Crippen molar-refractivity contribution in [3.8, 4) is 5.75 Å². The number of methoxy groups -OCH3 is 1. The Morgan fingerprint density at radius 3 is 2.53 bits per heavy atom. The van der Waals surface area contributed by atoms with Gasteiger partial charge in [-0.3, -0.25) is 14.7 Å². The fourth-order valence-electron chi connectivity index (χ4n) is 4.13. The number of carbonyl (C=O) groups excluding carboxylic acids is 2. The molecule has 0 saturated heterocycles. The van der Waals surface area contributed by atoms with Gasteiger partial charge in [0.2, 0.25) is 5.91 Å². The molecular formula is C31H44F3N5O4. The Labute approximate surface area is 252 Å². The Balaban J connectivity index is 0.00000452. The minimum atomic E-state index is -4.42. The Hall–Kier alpha value is -3.74. The first-order chi connectivity index (χ1) is 20.5. The molecule has 12 heteroatoms. The van der Waals surface area contributed by atoms with Crippen molar-refractivity contribution in [2.45, 2.75) is 51.4 Å². The highest BCUT2D eigenvalue weighted by molar-refractivity contribution is 5.81. The average Bonchev–Trinajstić information content (AvgIpc) is 2.98. The summed E-state index contributed by atoms with van der Waals surface area (Å²) >= 11 is 0. The van der Waals surface area contributed by atoms with E-state index >= 15 is 0 Å². The van der Waals surface area contributed by atoms with Gasteiger partial charge in [-0.25, -0.2) is 0 Å². The van der Waals surface area contributed by atoms with Gasteiger partial charge < -0.3 is 31.1 Å². The predicted octanol–water partition coefficient (Wildman–Crippen LogP) is 4.53. The van der Waals surface area contributed by atoms with E-state index in [1.165, 1.54) is 24.5 Å². The Kier molecular flexibility index (Phi) is 17.5.